The summed E-state index contributed by atoms with van der Waals surface area (Å²) in [6.07, 6.45) is 0. The number of para-hydroxylation sites is 1. The maximum atomic E-state index is 12.2. The van der Waals surface area contributed by atoms with Gasteiger partial charge in [0, 0.05) is 10.9 Å². The first-order chi connectivity index (χ1) is 11.1. The van der Waals surface area contributed by atoms with Gasteiger partial charge < -0.3 is 13.9 Å². The lowest BCUT2D eigenvalue weighted by molar-refractivity contribution is 0.0699. The molecule has 0 aliphatic carbocycles. The highest BCUT2D eigenvalue weighted by atomic mass is 16.6. The van der Waals surface area contributed by atoms with Crippen molar-refractivity contribution in [1.82, 2.24) is 0 Å². The lowest BCUT2D eigenvalue weighted by Crippen LogP contribution is -2.08. The predicted molar refractivity (Wildman–Crippen MR) is 84.2 cm³/mol. The normalized spacial score (nSPS) is 10.5. The Kier molecular flexibility index (Phi) is 3.85. The van der Waals surface area contributed by atoms with Crippen molar-refractivity contribution in [1.29, 1.82) is 0 Å². The van der Waals surface area contributed by atoms with Gasteiger partial charge in [-0.25, -0.2) is 4.79 Å². The van der Waals surface area contributed by atoms with Gasteiger partial charge in [-0.15, -0.1) is 0 Å². The number of benzene rings is 2. The monoisotopic (exact) mass is 310 g/mol. The first kappa shape index (κ1) is 14.8. The highest BCUT2D eigenvalue weighted by Gasteiger charge is 2.17. The molecule has 1 heterocycles. The SMILES string of the molecule is COc1cc(C(C)=O)ccc1OC(=O)c1cc2ccccc2o1. The van der Waals surface area contributed by atoms with Crippen LogP contribution in [0.5, 0.6) is 11.5 Å². The van der Waals surface area contributed by atoms with Crippen LogP contribution >= 0.6 is 0 Å². The molecular formula is C18H14O5. The molecule has 0 N–H and O–H groups in total. The van der Waals surface area contributed by atoms with E-state index in [1.165, 1.54) is 26.2 Å². The molecule has 0 spiro atoms. The number of rotatable bonds is 4. The number of esters is 1. The van der Waals surface area contributed by atoms with Crippen LogP contribution in [-0.4, -0.2) is 18.9 Å². The fourth-order valence-corrected chi connectivity index (χ4v) is 2.20. The molecule has 0 fully saturated rings. The van der Waals surface area contributed by atoms with E-state index < -0.39 is 5.97 Å². The number of ketones is 1. The third-order valence-electron chi connectivity index (χ3n) is 3.40. The number of hydrogen-bond acceptors (Lipinski definition) is 5. The van der Waals surface area contributed by atoms with Crippen LogP contribution in [0, 0.1) is 0 Å². The summed E-state index contributed by atoms with van der Waals surface area (Å²) in [4.78, 5) is 23.6. The molecule has 0 unspecified atom stereocenters. The van der Waals surface area contributed by atoms with Crippen LogP contribution in [-0.2, 0) is 0 Å². The van der Waals surface area contributed by atoms with E-state index in [4.69, 9.17) is 13.9 Å². The molecule has 5 heteroatoms. The topological polar surface area (TPSA) is 65.7 Å². The Balaban J connectivity index is 1.88. The molecule has 0 atom stereocenters. The van der Waals surface area contributed by atoms with E-state index in [1.54, 1.807) is 18.2 Å². The second kappa shape index (κ2) is 5.96. The molecule has 0 saturated carbocycles. The number of Topliss-reactive ketones (excluding diaryl/α,β-unsaturated/α-hetero) is 1. The maximum Gasteiger partial charge on any atom is 0.379 e. The van der Waals surface area contributed by atoms with Gasteiger partial charge in [0.2, 0.25) is 5.76 Å². The Labute approximate surface area is 132 Å². The minimum Gasteiger partial charge on any atom is -0.493 e. The minimum atomic E-state index is -0.630. The summed E-state index contributed by atoms with van der Waals surface area (Å²) in [7, 11) is 1.44. The zero-order valence-electron chi connectivity index (χ0n) is 12.7. The molecular weight excluding hydrogens is 296 g/mol. The number of methoxy groups -OCH3 is 1. The molecule has 0 bridgehead atoms. The number of hydrogen-bond donors (Lipinski definition) is 0. The fourth-order valence-electron chi connectivity index (χ4n) is 2.20. The largest absolute Gasteiger partial charge is 0.493 e. The van der Waals surface area contributed by atoms with Crippen LogP contribution in [0.3, 0.4) is 0 Å². The second-order valence-electron chi connectivity index (χ2n) is 4.96. The summed E-state index contributed by atoms with van der Waals surface area (Å²) in [5.74, 6) is -0.0949. The van der Waals surface area contributed by atoms with Gasteiger partial charge in [-0.2, -0.15) is 0 Å². The lowest BCUT2D eigenvalue weighted by Gasteiger charge is -2.09. The standard InChI is InChI=1S/C18H14O5/c1-11(19)12-7-8-15(16(9-12)21-2)23-18(20)17-10-13-5-3-4-6-14(13)22-17/h3-10H,1-2H3. The van der Waals surface area contributed by atoms with Crippen LogP contribution in [0.4, 0.5) is 0 Å². The summed E-state index contributed by atoms with van der Waals surface area (Å²) in [6, 6.07) is 13.5. The average Bonchev–Trinajstić information content (AvgIpc) is 2.99. The summed E-state index contributed by atoms with van der Waals surface area (Å²) >= 11 is 0. The molecule has 0 saturated heterocycles. The number of fused-ring (bicyclic) bond motifs is 1. The molecule has 2 aromatic carbocycles. The van der Waals surface area contributed by atoms with E-state index in [9.17, 15) is 9.59 Å². The van der Waals surface area contributed by atoms with Crippen molar-refractivity contribution < 1.29 is 23.5 Å². The lowest BCUT2D eigenvalue weighted by atomic mass is 10.1. The smallest absolute Gasteiger partial charge is 0.379 e. The molecule has 0 aliphatic heterocycles. The van der Waals surface area contributed by atoms with Crippen molar-refractivity contribution in [2.45, 2.75) is 6.92 Å². The van der Waals surface area contributed by atoms with E-state index in [0.29, 0.717) is 16.9 Å². The third-order valence-corrected chi connectivity index (χ3v) is 3.40. The van der Waals surface area contributed by atoms with Gasteiger partial charge in [-0.1, -0.05) is 18.2 Å². The van der Waals surface area contributed by atoms with Crippen molar-refractivity contribution in [3.8, 4) is 11.5 Å². The zero-order valence-corrected chi connectivity index (χ0v) is 12.7. The quantitative estimate of drug-likeness (QED) is 0.416. The van der Waals surface area contributed by atoms with Gasteiger partial charge in [-0.3, -0.25) is 4.79 Å². The van der Waals surface area contributed by atoms with Crippen LogP contribution in [0.1, 0.15) is 27.8 Å². The van der Waals surface area contributed by atoms with Crippen molar-refractivity contribution >= 4 is 22.7 Å². The average molecular weight is 310 g/mol. The number of carbonyl (C=O) groups excluding carboxylic acids is 2. The summed E-state index contributed by atoms with van der Waals surface area (Å²) in [5, 5.41) is 0.818. The van der Waals surface area contributed by atoms with Crippen LogP contribution in [0.15, 0.2) is 52.9 Å². The fraction of sp³-hybridized carbons (Fsp3) is 0.111. The molecule has 0 amide bonds. The Morgan fingerprint density at radius 2 is 1.78 bits per heavy atom. The summed E-state index contributed by atoms with van der Waals surface area (Å²) < 4.78 is 16.0. The van der Waals surface area contributed by atoms with Crippen LogP contribution in [0.2, 0.25) is 0 Å². The number of furan rings is 1. The molecule has 3 aromatic rings. The minimum absolute atomic E-state index is 0.0986. The highest BCUT2D eigenvalue weighted by Crippen LogP contribution is 2.29. The van der Waals surface area contributed by atoms with Gasteiger partial charge in [0.05, 0.1) is 7.11 Å². The third kappa shape index (κ3) is 2.94. The van der Waals surface area contributed by atoms with Crippen molar-refractivity contribution in [3.05, 3.63) is 59.9 Å². The van der Waals surface area contributed by atoms with Crippen LogP contribution in [0.25, 0.3) is 11.0 Å². The molecule has 3 rings (SSSR count). The van der Waals surface area contributed by atoms with E-state index in [2.05, 4.69) is 0 Å². The first-order valence-corrected chi connectivity index (χ1v) is 6.98. The number of carbonyl (C=O) groups is 2. The van der Waals surface area contributed by atoms with E-state index in [1.807, 2.05) is 18.2 Å². The second-order valence-corrected chi connectivity index (χ2v) is 4.96. The van der Waals surface area contributed by atoms with Gasteiger partial charge >= 0.3 is 5.97 Å². The van der Waals surface area contributed by atoms with Gasteiger partial charge in [0.25, 0.3) is 0 Å². The van der Waals surface area contributed by atoms with Crippen molar-refractivity contribution in [3.63, 3.8) is 0 Å². The Morgan fingerprint density at radius 1 is 1.00 bits per heavy atom. The van der Waals surface area contributed by atoms with E-state index >= 15 is 0 Å². The van der Waals surface area contributed by atoms with E-state index in [0.717, 1.165) is 5.39 Å². The molecule has 1 aromatic heterocycles. The molecule has 5 nitrogen and oxygen atoms in total. The van der Waals surface area contributed by atoms with Gasteiger partial charge in [0.1, 0.15) is 5.58 Å². The van der Waals surface area contributed by atoms with E-state index in [-0.39, 0.29) is 17.3 Å². The zero-order chi connectivity index (χ0) is 16.4. The van der Waals surface area contributed by atoms with Crippen LogP contribution < -0.4 is 9.47 Å². The summed E-state index contributed by atoms with van der Waals surface area (Å²) in [6.45, 7) is 1.45. The maximum absolute atomic E-state index is 12.2. The molecule has 116 valence electrons. The van der Waals surface area contributed by atoms with Crippen molar-refractivity contribution in [2.24, 2.45) is 0 Å². The molecule has 23 heavy (non-hydrogen) atoms. The van der Waals surface area contributed by atoms with Crippen molar-refractivity contribution in [2.75, 3.05) is 7.11 Å². The van der Waals surface area contributed by atoms with Gasteiger partial charge in [-0.05, 0) is 37.3 Å². The first-order valence-electron chi connectivity index (χ1n) is 6.98. The van der Waals surface area contributed by atoms with Gasteiger partial charge in [0.15, 0.2) is 17.3 Å². The molecule has 0 aliphatic rings. The predicted octanol–water partition coefficient (Wildman–Crippen LogP) is 3.86. The Hall–Kier alpha value is -3.08. The Morgan fingerprint density at radius 3 is 2.48 bits per heavy atom. The Bertz CT molecular complexity index is 858. The number of ether oxygens (including phenoxy) is 2. The summed E-state index contributed by atoms with van der Waals surface area (Å²) in [5.41, 5.74) is 1.09. The molecule has 0 radical (unpaired) electrons. The highest BCUT2D eigenvalue weighted by molar-refractivity contribution is 5.96.